The molecule has 1 aromatic heterocycles. The number of hydrogen-bond donors (Lipinski definition) is 1. The molecular formula is C13H20ClN3O2S. The zero-order valence-corrected chi connectivity index (χ0v) is 13.1. The van der Waals surface area contributed by atoms with Crippen molar-refractivity contribution in [2.75, 3.05) is 39.8 Å². The number of carbonyl (C=O) groups excluding carboxylic acids is 2. The van der Waals surface area contributed by atoms with Crippen LogP contribution in [0.25, 0.3) is 0 Å². The van der Waals surface area contributed by atoms with Crippen LogP contribution in [-0.4, -0.2) is 61.4 Å². The Morgan fingerprint density at radius 2 is 2.10 bits per heavy atom. The zero-order valence-electron chi connectivity index (χ0n) is 11.5. The molecule has 2 rings (SSSR count). The summed E-state index contributed by atoms with van der Waals surface area (Å²) in [5.74, 6) is 0.0227. The summed E-state index contributed by atoms with van der Waals surface area (Å²) >= 11 is 1.56. The van der Waals surface area contributed by atoms with Crippen LogP contribution >= 0.6 is 23.7 Å². The van der Waals surface area contributed by atoms with Gasteiger partial charge in [-0.2, -0.15) is 0 Å². The summed E-state index contributed by atoms with van der Waals surface area (Å²) in [5, 5.41) is 5.16. The Hall–Kier alpha value is -1.11. The highest BCUT2D eigenvalue weighted by Gasteiger charge is 2.20. The number of piperazine rings is 1. The predicted octanol–water partition coefficient (Wildman–Crippen LogP) is 0.603. The van der Waals surface area contributed by atoms with E-state index in [0.717, 1.165) is 31.1 Å². The van der Waals surface area contributed by atoms with E-state index in [1.807, 2.05) is 22.4 Å². The minimum absolute atomic E-state index is 0. The van der Waals surface area contributed by atoms with Gasteiger partial charge in [0.2, 0.25) is 11.8 Å². The molecule has 0 unspecified atom stereocenters. The van der Waals surface area contributed by atoms with Crippen molar-refractivity contribution < 1.29 is 9.59 Å². The lowest BCUT2D eigenvalue weighted by Crippen LogP contribution is -2.49. The maximum absolute atomic E-state index is 12.0. The van der Waals surface area contributed by atoms with Crippen molar-refractivity contribution in [1.29, 1.82) is 0 Å². The second kappa shape index (κ2) is 8.24. The molecule has 0 bridgehead atoms. The van der Waals surface area contributed by atoms with Gasteiger partial charge < -0.3 is 15.1 Å². The molecule has 0 atom stereocenters. The first-order valence-corrected chi connectivity index (χ1v) is 7.29. The molecule has 20 heavy (non-hydrogen) atoms. The van der Waals surface area contributed by atoms with Crippen LogP contribution in [0.5, 0.6) is 0 Å². The van der Waals surface area contributed by atoms with Crippen molar-refractivity contribution in [3.63, 3.8) is 0 Å². The monoisotopic (exact) mass is 317 g/mol. The van der Waals surface area contributed by atoms with E-state index in [4.69, 9.17) is 0 Å². The van der Waals surface area contributed by atoms with Crippen molar-refractivity contribution in [3.8, 4) is 0 Å². The fourth-order valence-corrected chi connectivity index (χ4v) is 2.70. The second-order valence-electron chi connectivity index (χ2n) is 4.64. The molecule has 1 aliphatic rings. The van der Waals surface area contributed by atoms with Gasteiger partial charge in [0, 0.05) is 38.1 Å². The van der Waals surface area contributed by atoms with Crippen molar-refractivity contribution in [2.45, 2.75) is 6.42 Å². The molecule has 2 heterocycles. The van der Waals surface area contributed by atoms with Crippen LogP contribution in [0.15, 0.2) is 17.5 Å². The van der Waals surface area contributed by atoms with E-state index in [-0.39, 0.29) is 30.8 Å². The molecule has 7 heteroatoms. The van der Waals surface area contributed by atoms with Gasteiger partial charge in [0.1, 0.15) is 0 Å². The standard InChI is InChI=1S/C13H19N3O2S.ClH/c1-15(12(17)9-11-3-2-8-19-11)10-13(18)16-6-4-14-5-7-16;/h2-3,8,14H,4-7,9-10H2,1H3;1H. The molecule has 1 saturated heterocycles. The smallest absolute Gasteiger partial charge is 0.242 e. The first-order valence-electron chi connectivity index (χ1n) is 6.41. The fourth-order valence-electron chi connectivity index (χ4n) is 2.00. The number of likely N-dealkylation sites (N-methyl/N-ethyl adjacent to an activating group) is 1. The van der Waals surface area contributed by atoms with Gasteiger partial charge in [-0.25, -0.2) is 0 Å². The lowest BCUT2D eigenvalue weighted by atomic mass is 10.3. The van der Waals surface area contributed by atoms with Crippen LogP contribution in [0.4, 0.5) is 0 Å². The van der Waals surface area contributed by atoms with Crippen molar-refractivity contribution in [3.05, 3.63) is 22.4 Å². The first kappa shape index (κ1) is 16.9. The first-order chi connectivity index (χ1) is 9.16. The molecule has 1 fully saturated rings. The Morgan fingerprint density at radius 3 is 2.70 bits per heavy atom. The van der Waals surface area contributed by atoms with Crippen LogP contribution in [-0.2, 0) is 16.0 Å². The molecule has 1 aromatic rings. The van der Waals surface area contributed by atoms with Crippen LogP contribution in [0.3, 0.4) is 0 Å². The van der Waals surface area contributed by atoms with Gasteiger partial charge in [-0.05, 0) is 11.4 Å². The minimum Gasteiger partial charge on any atom is -0.339 e. The van der Waals surface area contributed by atoms with Crippen LogP contribution in [0, 0.1) is 0 Å². The Labute approximate surface area is 129 Å². The number of rotatable bonds is 4. The maximum atomic E-state index is 12.0. The number of thiophene rings is 1. The SMILES string of the molecule is CN(CC(=O)N1CCNCC1)C(=O)Cc1cccs1.Cl. The normalized spacial score (nSPS) is 14.6. The van der Waals surface area contributed by atoms with Gasteiger partial charge in [-0.1, -0.05) is 6.07 Å². The molecular weight excluding hydrogens is 298 g/mol. The molecule has 1 aliphatic heterocycles. The maximum Gasteiger partial charge on any atom is 0.242 e. The number of halogens is 1. The summed E-state index contributed by atoms with van der Waals surface area (Å²) in [6.45, 7) is 3.29. The highest BCUT2D eigenvalue weighted by molar-refractivity contribution is 7.10. The summed E-state index contributed by atoms with van der Waals surface area (Å²) in [7, 11) is 1.69. The van der Waals surface area contributed by atoms with Crippen molar-refractivity contribution >= 4 is 35.6 Å². The van der Waals surface area contributed by atoms with Gasteiger partial charge in [0.25, 0.3) is 0 Å². The summed E-state index contributed by atoms with van der Waals surface area (Å²) in [6, 6.07) is 3.87. The molecule has 5 nitrogen and oxygen atoms in total. The van der Waals surface area contributed by atoms with E-state index in [2.05, 4.69) is 5.32 Å². The zero-order chi connectivity index (χ0) is 13.7. The number of amides is 2. The van der Waals surface area contributed by atoms with E-state index in [1.165, 1.54) is 4.90 Å². The van der Waals surface area contributed by atoms with Gasteiger partial charge in [0.05, 0.1) is 13.0 Å². The molecule has 112 valence electrons. The number of nitrogens with zero attached hydrogens (tertiary/aromatic N) is 2. The molecule has 1 N–H and O–H groups in total. The fraction of sp³-hybridized carbons (Fsp3) is 0.538. The number of nitrogens with one attached hydrogen (secondary N) is 1. The third-order valence-corrected chi connectivity index (χ3v) is 4.05. The molecule has 0 saturated carbocycles. The predicted molar refractivity (Wildman–Crippen MR) is 82.4 cm³/mol. The van der Waals surface area contributed by atoms with Crippen LogP contribution in [0.1, 0.15) is 4.88 Å². The van der Waals surface area contributed by atoms with Gasteiger partial charge >= 0.3 is 0 Å². The van der Waals surface area contributed by atoms with Crippen LogP contribution < -0.4 is 5.32 Å². The Balaban J connectivity index is 0.00000200. The average molecular weight is 318 g/mol. The van der Waals surface area contributed by atoms with E-state index in [1.54, 1.807) is 18.4 Å². The third kappa shape index (κ3) is 4.77. The highest BCUT2D eigenvalue weighted by atomic mass is 35.5. The molecule has 0 radical (unpaired) electrons. The summed E-state index contributed by atoms with van der Waals surface area (Å²) in [5.41, 5.74) is 0. The minimum atomic E-state index is -0.00839. The summed E-state index contributed by atoms with van der Waals surface area (Å²) in [4.78, 5) is 28.4. The number of carbonyl (C=O) groups is 2. The molecule has 0 aliphatic carbocycles. The second-order valence-corrected chi connectivity index (χ2v) is 5.67. The van der Waals surface area contributed by atoms with E-state index in [9.17, 15) is 9.59 Å². The largest absolute Gasteiger partial charge is 0.339 e. The lowest BCUT2D eigenvalue weighted by Gasteiger charge is -2.29. The van der Waals surface area contributed by atoms with Gasteiger partial charge in [-0.3, -0.25) is 9.59 Å². The highest BCUT2D eigenvalue weighted by Crippen LogP contribution is 2.10. The molecule has 2 amide bonds. The molecule has 0 spiro atoms. The Morgan fingerprint density at radius 1 is 1.40 bits per heavy atom. The lowest BCUT2D eigenvalue weighted by molar-refractivity contribution is -0.139. The summed E-state index contributed by atoms with van der Waals surface area (Å²) < 4.78 is 0. The average Bonchev–Trinajstić information content (AvgIpc) is 2.92. The van der Waals surface area contributed by atoms with Gasteiger partial charge in [-0.15, -0.1) is 23.7 Å². The van der Waals surface area contributed by atoms with E-state index in [0.29, 0.717) is 6.42 Å². The van der Waals surface area contributed by atoms with Crippen LogP contribution in [0.2, 0.25) is 0 Å². The summed E-state index contributed by atoms with van der Waals surface area (Å²) in [6.07, 6.45) is 0.378. The van der Waals surface area contributed by atoms with Crippen molar-refractivity contribution in [2.24, 2.45) is 0 Å². The third-order valence-electron chi connectivity index (χ3n) is 3.17. The number of hydrogen-bond acceptors (Lipinski definition) is 4. The quantitative estimate of drug-likeness (QED) is 0.885. The van der Waals surface area contributed by atoms with E-state index >= 15 is 0 Å². The Bertz CT molecular complexity index is 433. The van der Waals surface area contributed by atoms with E-state index < -0.39 is 0 Å². The molecule has 0 aromatic carbocycles. The van der Waals surface area contributed by atoms with Crippen molar-refractivity contribution in [1.82, 2.24) is 15.1 Å². The van der Waals surface area contributed by atoms with Gasteiger partial charge in [0.15, 0.2) is 0 Å². The Kier molecular flexibility index (Phi) is 6.98. The topological polar surface area (TPSA) is 52.7 Å².